The number of hydrogen-bond acceptors (Lipinski definition) is 4. The van der Waals surface area contributed by atoms with Crippen LogP contribution in [-0.4, -0.2) is 17.1 Å². The lowest BCUT2D eigenvalue weighted by atomic mass is 10.2. The molecule has 5 nitrogen and oxygen atoms in total. The van der Waals surface area contributed by atoms with Crippen molar-refractivity contribution in [3.8, 4) is 5.75 Å². The number of carbonyl (C=O) groups is 1. The molecule has 0 spiro atoms. The van der Waals surface area contributed by atoms with Crippen LogP contribution in [0.3, 0.4) is 0 Å². The molecule has 2 aromatic carbocycles. The van der Waals surface area contributed by atoms with Crippen molar-refractivity contribution in [3.05, 3.63) is 93.7 Å². The molecule has 3 aromatic rings. The van der Waals surface area contributed by atoms with Crippen LogP contribution in [0.25, 0.3) is 0 Å². The van der Waals surface area contributed by atoms with Gasteiger partial charge in [-0.2, -0.15) is 5.10 Å². The molecule has 1 heterocycles. The van der Waals surface area contributed by atoms with Crippen molar-refractivity contribution in [2.75, 3.05) is 0 Å². The smallest absolute Gasteiger partial charge is 0.271 e. The summed E-state index contributed by atoms with van der Waals surface area (Å²) in [5.41, 5.74) is 4.71. The van der Waals surface area contributed by atoms with Gasteiger partial charge in [-0.15, -0.1) is 0 Å². The highest BCUT2D eigenvalue weighted by Gasteiger charge is 2.03. The summed E-state index contributed by atoms with van der Waals surface area (Å²) in [4.78, 5) is 15.7. The molecule has 1 aromatic heterocycles. The SMILES string of the molecule is O=C(N/N=C\c1ccc(OCc2ccc(Cl)c(Cl)c2)cc1)c1ccncc1. The van der Waals surface area contributed by atoms with Gasteiger partial charge in [-0.1, -0.05) is 29.3 Å². The molecule has 0 aliphatic heterocycles. The molecule has 0 bridgehead atoms. The first-order valence-electron chi connectivity index (χ1n) is 8.02. The van der Waals surface area contributed by atoms with Gasteiger partial charge in [0, 0.05) is 18.0 Å². The molecule has 0 saturated heterocycles. The lowest BCUT2D eigenvalue weighted by Crippen LogP contribution is -2.17. The number of nitrogens with one attached hydrogen (secondary N) is 1. The minimum Gasteiger partial charge on any atom is -0.489 e. The number of ether oxygens (including phenoxy) is 1. The summed E-state index contributed by atoms with van der Waals surface area (Å²) in [6.45, 7) is 0.381. The fourth-order valence-electron chi connectivity index (χ4n) is 2.18. The molecule has 0 atom stereocenters. The Labute approximate surface area is 166 Å². The van der Waals surface area contributed by atoms with E-state index in [9.17, 15) is 4.79 Å². The van der Waals surface area contributed by atoms with Crippen molar-refractivity contribution in [2.24, 2.45) is 5.10 Å². The Kier molecular flexibility index (Phi) is 6.41. The van der Waals surface area contributed by atoms with Gasteiger partial charge in [-0.3, -0.25) is 9.78 Å². The highest BCUT2D eigenvalue weighted by atomic mass is 35.5. The van der Waals surface area contributed by atoms with Crippen LogP contribution in [-0.2, 0) is 6.61 Å². The number of hydrazone groups is 1. The Balaban J connectivity index is 1.52. The lowest BCUT2D eigenvalue weighted by Gasteiger charge is -2.07. The first kappa shape index (κ1) is 18.9. The first-order chi connectivity index (χ1) is 13.1. The molecule has 1 N–H and O–H groups in total. The van der Waals surface area contributed by atoms with E-state index < -0.39 is 0 Å². The molecule has 0 aliphatic carbocycles. The number of benzene rings is 2. The third kappa shape index (κ3) is 5.54. The second-order valence-corrected chi connectivity index (χ2v) is 6.36. The van der Waals surface area contributed by atoms with Crippen molar-refractivity contribution in [1.29, 1.82) is 0 Å². The molecule has 136 valence electrons. The zero-order chi connectivity index (χ0) is 19.1. The average Bonchev–Trinajstić information content (AvgIpc) is 2.70. The van der Waals surface area contributed by atoms with Gasteiger partial charge >= 0.3 is 0 Å². The van der Waals surface area contributed by atoms with E-state index in [4.69, 9.17) is 27.9 Å². The molecule has 7 heteroatoms. The number of nitrogens with zero attached hydrogens (tertiary/aromatic N) is 2. The maximum Gasteiger partial charge on any atom is 0.271 e. The van der Waals surface area contributed by atoms with Gasteiger partial charge in [-0.05, 0) is 59.7 Å². The van der Waals surface area contributed by atoms with E-state index >= 15 is 0 Å². The van der Waals surface area contributed by atoms with Crippen LogP contribution in [0, 0.1) is 0 Å². The van der Waals surface area contributed by atoms with Gasteiger partial charge in [0.25, 0.3) is 5.91 Å². The zero-order valence-corrected chi connectivity index (χ0v) is 15.6. The first-order valence-corrected chi connectivity index (χ1v) is 8.77. The Morgan fingerprint density at radius 2 is 1.78 bits per heavy atom. The van der Waals surface area contributed by atoms with Gasteiger partial charge in [0.05, 0.1) is 16.3 Å². The highest BCUT2D eigenvalue weighted by molar-refractivity contribution is 6.42. The Morgan fingerprint density at radius 3 is 2.48 bits per heavy atom. The van der Waals surface area contributed by atoms with E-state index in [1.807, 2.05) is 30.3 Å². The number of rotatable bonds is 6. The van der Waals surface area contributed by atoms with E-state index in [1.165, 1.54) is 0 Å². The second kappa shape index (κ2) is 9.16. The summed E-state index contributed by atoms with van der Waals surface area (Å²) in [5, 5.41) is 4.96. The summed E-state index contributed by atoms with van der Waals surface area (Å²) >= 11 is 11.9. The van der Waals surface area contributed by atoms with E-state index in [0.29, 0.717) is 28.0 Å². The molecule has 0 aliphatic rings. The number of pyridine rings is 1. The highest BCUT2D eigenvalue weighted by Crippen LogP contribution is 2.23. The Bertz CT molecular complexity index is 945. The van der Waals surface area contributed by atoms with Gasteiger partial charge in [0.15, 0.2) is 0 Å². The summed E-state index contributed by atoms with van der Waals surface area (Å²) in [6, 6.07) is 15.9. The van der Waals surface area contributed by atoms with Crippen molar-refractivity contribution in [3.63, 3.8) is 0 Å². The summed E-state index contributed by atoms with van der Waals surface area (Å²) < 4.78 is 5.72. The molecule has 0 fully saturated rings. The molecule has 0 saturated carbocycles. The molecule has 3 rings (SSSR count). The van der Waals surface area contributed by atoms with Crippen LogP contribution in [0.4, 0.5) is 0 Å². The van der Waals surface area contributed by atoms with Crippen molar-refractivity contribution >= 4 is 35.3 Å². The van der Waals surface area contributed by atoms with E-state index in [-0.39, 0.29) is 5.91 Å². The van der Waals surface area contributed by atoms with E-state index in [0.717, 1.165) is 11.1 Å². The molecule has 0 radical (unpaired) electrons. The summed E-state index contributed by atoms with van der Waals surface area (Å²) in [5.74, 6) is 0.411. The number of carbonyl (C=O) groups excluding carboxylic acids is 1. The van der Waals surface area contributed by atoms with Crippen LogP contribution in [0.5, 0.6) is 5.75 Å². The fourth-order valence-corrected chi connectivity index (χ4v) is 2.50. The third-order valence-corrected chi connectivity index (χ3v) is 4.33. The average molecular weight is 400 g/mol. The van der Waals surface area contributed by atoms with Crippen LogP contribution >= 0.6 is 23.2 Å². The maximum absolute atomic E-state index is 11.9. The summed E-state index contributed by atoms with van der Waals surface area (Å²) in [7, 11) is 0. The number of amides is 1. The van der Waals surface area contributed by atoms with Crippen LogP contribution in [0.2, 0.25) is 10.0 Å². The van der Waals surface area contributed by atoms with Gasteiger partial charge in [0.1, 0.15) is 12.4 Å². The van der Waals surface area contributed by atoms with Crippen LogP contribution < -0.4 is 10.2 Å². The van der Waals surface area contributed by atoms with Crippen molar-refractivity contribution < 1.29 is 9.53 Å². The lowest BCUT2D eigenvalue weighted by molar-refractivity contribution is 0.0955. The topological polar surface area (TPSA) is 63.6 Å². The van der Waals surface area contributed by atoms with E-state index in [1.54, 1.807) is 42.9 Å². The molecule has 27 heavy (non-hydrogen) atoms. The fraction of sp³-hybridized carbons (Fsp3) is 0.0500. The Hall–Kier alpha value is -2.89. The molecular weight excluding hydrogens is 385 g/mol. The van der Waals surface area contributed by atoms with Crippen LogP contribution in [0.15, 0.2) is 72.1 Å². The molecule has 1 amide bonds. The van der Waals surface area contributed by atoms with Gasteiger partial charge in [-0.25, -0.2) is 5.43 Å². The van der Waals surface area contributed by atoms with Crippen LogP contribution in [0.1, 0.15) is 21.5 Å². The van der Waals surface area contributed by atoms with E-state index in [2.05, 4.69) is 15.5 Å². The quantitative estimate of drug-likeness (QED) is 0.481. The number of hydrogen-bond donors (Lipinski definition) is 1. The third-order valence-electron chi connectivity index (χ3n) is 3.59. The molecular formula is C20H15Cl2N3O2. The normalized spacial score (nSPS) is 10.7. The predicted molar refractivity (Wildman–Crippen MR) is 107 cm³/mol. The van der Waals surface area contributed by atoms with Crippen molar-refractivity contribution in [2.45, 2.75) is 6.61 Å². The standard InChI is InChI=1S/C20H15Cl2N3O2/c21-18-6-3-15(11-19(18)22)13-27-17-4-1-14(2-5-17)12-24-25-20(26)16-7-9-23-10-8-16/h1-12H,13H2,(H,25,26)/b24-12-. The van der Waals surface area contributed by atoms with Gasteiger partial charge in [0.2, 0.25) is 0 Å². The monoisotopic (exact) mass is 399 g/mol. The minimum atomic E-state index is -0.296. The van der Waals surface area contributed by atoms with Gasteiger partial charge < -0.3 is 4.74 Å². The minimum absolute atomic E-state index is 0.296. The van der Waals surface area contributed by atoms with Crippen molar-refractivity contribution in [1.82, 2.24) is 10.4 Å². The summed E-state index contributed by atoms with van der Waals surface area (Å²) in [6.07, 6.45) is 4.66. The Morgan fingerprint density at radius 1 is 1.04 bits per heavy atom. The number of halogens is 2. The molecule has 0 unspecified atom stereocenters. The second-order valence-electron chi connectivity index (χ2n) is 5.54. The largest absolute Gasteiger partial charge is 0.489 e. The predicted octanol–water partition coefficient (Wildman–Crippen LogP) is 4.73. The zero-order valence-electron chi connectivity index (χ0n) is 14.1. The number of aromatic nitrogens is 1. The maximum atomic E-state index is 11.9.